The molecule has 2 aromatic rings. The highest BCUT2D eigenvalue weighted by atomic mass is 32.1. The second-order valence-electron chi connectivity index (χ2n) is 6.33. The van der Waals surface area contributed by atoms with Gasteiger partial charge in [-0.1, -0.05) is 13.3 Å². The van der Waals surface area contributed by atoms with E-state index in [0.717, 1.165) is 37.8 Å². The van der Waals surface area contributed by atoms with Crippen molar-refractivity contribution in [3.8, 4) is 0 Å². The van der Waals surface area contributed by atoms with Crippen molar-refractivity contribution >= 4 is 28.9 Å². The van der Waals surface area contributed by atoms with Gasteiger partial charge in [0.15, 0.2) is 18.2 Å². The molecule has 0 spiro atoms. The lowest BCUT2D eigenvalue weighted by atomic mass is 9.87. The minimum Gasteiger partial charge on any atom is -0.451 e. The van der Waals surface area contributed by atoms with Crippen molar-refractivity contribution in [3.63, 3.8) is 0 Å². The number of thiophene rings is 1. The summed E-state index contributed by atoms with van der Waals surface area (Å²) < 4.78 is 31.0. The molecule has 26 heavy (non-hydrogen) atoms. The van der Waals surface area contributed by atoms with Crippen molar-refractivity contribution < 1.29 is 23.1 Å². The predicted octanol–water partition coefficient (Wildman–Crippen LogP) is 4.34. The maximum atomic E-state index is 13.1. The van der Waals surface area contributed by atoms with Crippen LogP contribution in [0.15, 0.2) is 24.3 Å². The van der Waals surface area contributed by atoms with Crippen molar-refractivity contribution in [1.82, 2.24) is 0 Å². The molecule has 138 valence electrons. The summed E-state index contributed by atoms with van der Waals surface area (Å²) >= 11 is 1.42. The van der Waals surface area contributed by atoms with Crippen LogP contribution < -0.4 is 5.32 Å². The molecule has 1 aromatic carbocycles. The van der Waals surface area contributed by atoms with Crippen LogP contribution in [-0.4, -0.2) is 18.5 Å². The zero-order valence-corrected chi connectivity index (χ0v) is 15.1. The lowest BCUT2D eigenvalue weighted by molar-refractivity contribution is -0.119. The van der Waals surface area contributed by atoms with Gasteiger partial charge in [-0.25, -0.2) is 13.6 Å². The smallest absolute Gasteiger partial charge is 0.348 e. The molecule has 1 aliphatic carbocycles. The summed E-state index contributed by atoms with van der Waals surface area (Å²) in [5, 5.41) is 2.36. The minimum absolute atomic E-state index is 0.0992. The highest BCUT2D eigenvalue weighted by molar-refractivity contribution is 7.14. The molecular weight excluding hydrogens is 360 g/mol. The lowest BCUT2D eigenvalue weighted by Gasteiger charge is -2.19. The molecule has 1 atom stereocenters. The van der Waals surface area contributed by atoms with E-state index >= 15 is 0 Å². The average Bonchev–Trinajstić information content (AvgIpc) is 3.06. The van der Waals surface area contributed by atoms with Gasteiger partial charge in [0.25, 0.3) is 5.91 Å². The van der Waals surface area contributed by atoms with Crippen molar-refractivity contribution in [2.45, 2.75) is 32.6 Å². The van der Waals surface area contributed by atoms with Crippen LogP contribution in [0.3, 0.4) is 0 Å². The first-order valence-electron chi connectivity index (χ1n) is 8.50. The summed E-state index contributed by atoms with van der Waals surface area (Å²) in [6.07, 6.45) is 4.21. The summed E-state index contributed by atoms with van der Waals surface area (Å²) in [5.74, 6) is -2.56. The fourth-order valence-electron chi connectivity index (χ4n) is 3.02. The molecule has 7 heteroatoms. The van der Waals surface area contributed by atoms with E-state index < -0.39 is 30.1 Å². The first-order valence-corrected chi connectivity index (χ1v) is 9.31. The molecule has 0 saturated heterocycles. The number of carbonyl (C=O) groups excluding carboxylic acids is 2. The van der Waals surface area contributed by atoms with Gasteiger partial charge in [-0.3, -0.25) is 4.79 Å². The number of fused-ring (bicyclic) bond motifs is 1. The Morgan fingerprint density at radius 1 is 1.27 bits per heavy atom. The van der Waals surface area contributed by atoms with Gasteiger partial charge in [0.05, 0.1) is 0 Å². The van der Waals surface area contributed by atoms with E-state index in [9.17, 15) is 18.4 Å². The number of esters is 1. The number of benzene rings is 1. The van der Waals surface area contributed by atoms with E-state index in [-0.39, 0.29) is 5.69 Å². The third kappa shape index (κ3) is 4.27. The number of hydrogen-bond acceptors (Lipinski definition) is 4. The quantitative estimate of drug-likeness (QED) is 0.787. The third-order valence-electron chi connectivity index (χ3n) is 4.50. The molecule has 1 aliphatic rings. The van der Waals surface area contributed by atoms with E-state index in [4.69, 9.17) is 4.74 Å². The number of hydrogen-bond donors (Lipinski definition) is 1. The van der Waals surface area contributed by atoms with Crippen molar-refractivity contribution in [2.75, 3.05) is 11.9 Å². The third-order valence-corrected chi connectivity index (χ3v) is 5.72. The zero-order chi connectivity index (χ0) is 18.7. The molecular formula is C19H19F2NO3S. The lowest BCUT2D eigenvalue weighted by Crippen LogP contribution is -2.20. The number of anilines is 1. The summed E-state index contributed by atoms with van der Waals surface area (Å²) in [6, 6.07) is 4.87. The zero-order valence-electron chi connectivity index (χ0n) is 14.3. The maximum Gasteiger partial charge on any atom is 0.348 e. The van der Waals surface area contributed by atoms with E-state index in [2.05, 4.69) is 12.2 Å². The largest absolute Gasteiger partial charge is 0.451 e. The van der Waals surface area contributed by atoms with Gasteiger partial charge in [-0.2, -0.15) is 0 Å². The fourth-order valence-corrected chi connectivity index (χ4v) is 4.12. The monoisotopic (exact) mass is 379 g/mol. The van der Waals surface area contributed by atoms with Crippen LogP contribution in [-0.2, 0) is 22.4 Å². The predicted molar refractivity (Wildman–Crippen MR) is 95.4 cm³/mol. The topological polar surface area (TPSA) is 55.4 Å². The van der Waals surface area contributed by atoms with Gasteiger partial charge < -0.3 is 10.1 Å². The van der Waals surface area contributed by atoms with Crippen molar-refractivity contribution in [2.24, 2.45) is 5.92 Å². The number of rotatable bonds is 5. The Kier molecular flexibility index (Phi) is 5.66. The fraction of sp³-hybridized carbons (Fsp3) is 0.368. The van der Waals surface area contributed by atoms with E-state index in [1.165, 1.54) is 27.8 Å². The standard InChI is InChI=1S/C19H19F2NO3S/c1-2-11-3-6-16-12(7-11)8-17(26-16)19(24)25-10-18(23)22-13-4-5-14(20)15(21)9-13/h4-5,8-9,11H,2-3,6-7,10H2,1H3,(H,22,23)/t11-/m0/s1. The van der Waals surface area contributed by atoms with Crippen molar-refractivity contribution in [3.05, 3.63) is 51.2 Å². The van der Waals surface area contributed by atoms with E-state index in [0.29, 0.717) is 10.8 Å². The number of halogens is 2. The first-order chi connectivity index (χ1) is 12.5. The molecule has 0 saturated carbocycles. The van der Waals surface area contributed by atoms with Gasteiger partial charge in [0.2, 0.25) is 0 Å². The van der Waals surface area contributed by atoms with Crippen LogP contribution in [0.5, 0.6) is 0 Å². The molecule has 4 nitrogen and oxygen atoms in total. The molecule has 1 N–H and O–H groups in total. The average molecular weight is 379 g/mol. The van der Waals surface area contributed by atoms with Crippen LogP contribution in [0, 0.1) is 17.6 Å². The molecule has 0 bridgehead atoms. The molecule has 3 rings (SSSR count). The van der Waals surface area contributed by atoms with Crippen LogP contribution in [0.1, 0.15) is 39.9 Å². The summed E-state index contributed by atoms with van der Waals surface area (Å²) in [5.41, 5.74) is 1.30. The molecule has 0 unspecified atom stereocenters. The van der Waals surface area contributed by atoms with Crippen LogP contribution in [0.25, 0.3) is 0 Å². The van der Waals surface area contributed by atoms with Crippen LogP contribution >= 0.6 is 11.3 Å². The van der Waals surface area contributed by atoms with Gasteiger partial charge in [0, 0.05) is 16.6 Å². The summed E-state index contributed by atoms with van der Waals surface area (Å²) in [4.78, 5) is 25.7. The van der Waals surface area contributed by atoms with Gasteiger partial charge in [0.1, 0.15) is 4.88 Å². The second-order valence-corrected chi connectivity index (χ2v) is 7.47. The van der Waals surface area contributed by atoms with Crippen LogP contribution in [0.4, 0.5) is 14.5 Å². The van der Waals surface area contributed by atoms with E-state index in [1.807, 2.05) is 6.07 Å². The molecule has 1 heterocycles. The highest BCUT2D eigenvalue weighted by Crippen LogP contribution is 2.33. The Morgan fingerprint density at radius 2 is 2.08 bits per heavy atom. The Hall–Kier alpha value is -2.28. The molecule has 0 radical (unpaired) electrons. The normalized spacial score (nSPS) is 16.0. The molecule has 0 aliphatic heterocycles. The van der Waals surface area contributed by atoms with Crippen LogP contribution in [0.2, 0.25) is 0 Å². The van der Waals surface area contributed by atoms with Gasteiger partial charge in [-0.05, 0) is 48.9 Å². The SMILES string of the molecule is CC[C@H]1CCc2sc(C(=O)OCC(=O)Nc3ccc(F)c(F)c3)cc2C1. The summed E-state index contributed by atoms with van der Waals surface area (Å²) in [6.45, 7) is 1.68. The Morgan fingerprint density at radius 3 is 2.81 bits per heavy atom. The molecule has 1 amide bonds. The number of ether oxygens (including phenoxy) is 1. The highest BCUT2D eigenvalue weighted by Gasteiger charge is 2.23. The number of amides is 1. The number of carbonyl (C=O) groups is 2. The van der Waals surface area contributed by atoms with E-state index in [1.54, 1.807) is 0 Å². The molecule has 1 aromatic heterocycles. The number of aryl methyl sites for hydroxylation is 1. The van der Waals surface area contributed by atoms with Crippen molar-refractivity contribution in [1.29, 1.82) is 0 Å². The second kappa shape index (κ2) is 7.95. The van der Waals surface area contributed by atoms with Gasteiger partial charge >= 0.3 is 5.97 Å². The Bertz CT molecular complexity index is 834. The minimum atomic E-state index is -1.06. The first kappa shape index (κ1) is 18.5. The van der Waals surface area contributed by atoms with Gasteiger partial charge in [-0.15, -0.1) is 11.3 Å². The Balaban J connectivity index is 1.54. The summed E-state index contributed by atoms with van der Waals surface area (Å²) in [7, 11) is 0. The maximum absolute atomic E-state index is 13.1. The Labute approximate surface area is 154 Å². The number of nitrogens with one attached hydrogen (secondary N) is 1. The molecule has 0 fully saturated rings.